The van der Waals surface area contributed by atoms with E-state index in [9.17, 15) is 23.5 Å². The van der Waals surface area contributed by atoms with Crippen LogP contribution >= 0.6 is 11.3 Å². The number of ether oxygens (including phenoxy) is 2. The molecule has 17 heteroatoms. The van der Waals surface area contributed by atoms with Crippen LogP contribution in [-0.2, 0) is 23.4 Å². The van der Waals surface area contributed by atoms with Crippen molar-refractivity contribution >= 4 is 45.0 Å². The predicted octanol–water partition coefficient (Wildman–Crippen LogP) is 4.71. The Morgan fingerprint density at radius 3 is 2.55 bits per heavy atom. The van der Waals surface area contributed by atoms with Gasteiger partial charge < -0.3 is 30.5 Å². The monoisotopic (exact) mass is 769 g/mol. The summed E-state index contributed by atoms with van der Waals surface area (Å²) >= 11 is 1.31. The van der Waals surface area contributed by atoms with E-state index >= 15 is 0 Å². The summed E-state index contributed by atoms with van der Waals surface area (Å²) in [6.07, 6.45) is 2.72. The molecule has 55 heavy (non-hydrogen) atoms. The Morgan fingerprint density at radius 2 is 1.80 bits per heavy atom. The fourth-order valence-corrected chi connectivity index (χ4v) is 8.11. The lowest BCUT2D eigenvalue weighted by Gasteiger charge is -2.38. The number of nitrogens with one attached hydrogen (secondary N) is 1. The van der Waals surface area contributed by atoms with Crippen LogP contribution in [0.1, 0.15) is 23.3 Å². The molecule has 1 saturated heterocycles. The van der Waals surface area contributed by atoms with E-state index in [0.717, 1.165) is 34.5 Å². The van der Waals surface area contributed by atoms with Crippen molar-refractivity contribution in [1.29, 1.82) is 0 Å². The van der Waals surface area contributed by atoms with E-state index in [2.05, 4.69) is 25.3 Å². The molecular formula is C38H37F2N9O5S. The molecule has 0 spiro atoms. The molecular weight excluding hydrogens is 733 g/mol. The summed E-state index contributed by atoms with van der Waals surface area (Å²) in [5, 5.41) is 18.6. The Bertz CT molecular complexity index is 2370. The summed E-state index contributed by atoms with van der Waals surface area (Å²) in [4.78, 5) is 40.0. The van der Waals surface area contributed by atoms with Crippen molar-refractivity contribution in [3.8, 4) is 11.4 Å². The van der Waals surface area contributed by atoms with Crippen LogP contribution in [0.15, 0.2) is 90.2 Å². The first-order valence-electron chi connectivity index (χ1n) is 17.7. The summed E-state index contributed by atoms with van der Waals surface area (Å²) in [6.45, 7) is 2.22. The number of hydrogen-bond acceptors (Lipinski definition) is 12. The average Bonchev–Trinajstić information content (AvgIpc) is 3.84. The number of rotatable bonds is 10. The Hall–Kier alpha value is -5.91. The van der Waals surface area contributed by atoms with E-state index in [4.69, 9.17) is 15.2 Å². The van der Waals surface area contributed by atoms with Gasteiger partial charge in [0.15, 0.2) is 5.82 Å². The van der Waals surface area contributed by atoms with Gasteiger partial charge in [-0.25, -0.2) is 28.2 Å². The number of nitrogens with two attached hydrogens (primary N) is 1. The number of thiophene rings is 1. The van der Waals surface area contributed by atoms with Crippen LogP contribution in [0.5, 0.6) is 5.75 Å². The number of alkyl carbamates (subject to hydrolysis) is 1. The van der Waals surface area contributed by atoms with Crippen molar-refractivity contribution in [3.63, 3.8) is 0 Å². The van der Waals surface area contributed by atoms with Crippen molar-refractivity contribution < 1.29 is 28.2 Å². The highest BCUT2D eigenvalue weighted by Crippen LogP contribution is 2.38. The van der Waals surface area contributed by atoms with Crippen molar-refractivity contribution in [2.24, 2.45) is 0 Å². The minimum atomic E-state index is -1.67. The summed E-state index contributed by atoms with van der Waals surface area (Å²) in [7, 11) is 0. The minimum absolute atomic E-state index is 0.0642. The van der Waals surface area contributed by atoms with Gasteiger partial charge in [0.2, 0.25) is 0 Å². The second kappa shape index (κ2) is 15.1. The summed E-state index contributed by atoms with van der Waals surface area (Å²) in [5.41, 5.74) is 7.03. The maximum Gasteiger partial charge on any atom is 0.407 e. The number of hydrogen-bond donors (Lipinski definition) is 3. The van der Waals surface area contributed by atoms with Gasteiger partial charge in [0, 0.05) is 36.3 Å². The van der Waals surface area contributed by atoms with Gasteiger partial charge in [-0.15, -0.1) is 11.3 Å². The molecule has 4 N–H and O–H groups in total. The number of carbonyl (C=O) groups excluding carboxylic acids is 1. The molecule has 0 bridgehead atoms. The Balaban J connectivity index is 0.918. The zero-order valence-corrected chi connectivity index (χ0v) is 30.3. The molecule has 0 aliphatic carbocycles. The van der Waals surface area contributed by atoms with E-state index in [1.807, 2.05) is 59.5 Å². The number of nitrogen functional groups attached to an aromatic ring is 1. The number of benzene rings is 3. The number of amides is 1. The van der Waals surface area contributed by atoms with Gasteiger partial charge in [-0.3, -0.25) is 14.3 Å². The van der Waals surface area contributed by atoms with Crippen molar-refractivity contribution in [2.45, 2.75) is 37.6 Å². The van der Waals surface area contributed by atoms with Crippen molar-refractivity contribution in [3.05, 3.63) is 118 Å². The summed E-state index contributed by atoms with van der Waals surface area (Å²) < 4.78 is 42.9. The topological polar surface area (TPSA) is 166 Å². The fraction of sp³-hybridized carbons (Fsp3) is 0.289. The number of aromatic nitrogens is 5. The van der Waals surface area contributed by atoms with Crippen LogP contribution in [0.3, 0.4) is 0 Å². The number of para-hydroxylation sites is 1. The third kappa shape index (κ3) is 7.71. The first-order chi connectivity index (χ1) is 26.6. The number of piperidine rings is 1. The number of likely N-dealkylation sites (tertiary alicyclic amines) is 1. The van der Waals surface area contributed by atoms with Gasteiger partial charge in [0.05, 0.1) is 36.5 Å². The smallest absolute Gasteiger partial charge is 0.407 e. The number of anilines is 3. The lowest BCUT2D eigenvalue weighted by molar-refractivity contribution is -0.0349. The molecule has 284 valence electrons. The third-order valence-corrected chi connectivity index (χ3v) is 10.8. The van der Waals surface area contributed by atoms with Gasteiger partial charge in [0.25, 0.3) is 5.56 Å². The molecule has 1 amide bonds. The minimum Gasteiger partial charge on any atom is -0.490 e. The highest BCUT2D eigenvalue weighted by Gasteiger charge is 2.36. The lowest BCUT2D eigenvalue weighted by atomic mass is 9.91. The third-order valence-electron chi connectivity index (χ3n) is 9.75. The van der Waals surface area contributed by atoms with E-state index < -0.39 is 28.9 Å². The van der Waals surface area contributed by atoms with Gasteiger partial charge in [-0.2, -0.15) is 5.10 Å². The molecule has 3 aromatic heterocycles. The zero-order chi connectivity index (χ0) is 38.1. The van der Waals surface area contributed by atoms with Gasteiger partial charge >= 0.3 is 6.09 Å². The Morgan fingerprint density at radius 1 is 1.02 bits per heavy atom. The highest BCUT2D eigenvalue weighted by atomic mass is 32.1. The number of carbonyl (C=O) groups is 1. The van der Waals surface area contributed by atoms with Crippen LogP contribution in [0.4, 0.5) is 30.8 Å². The molecule has 1 unspecified atom stereocenters. The maximum atomic E-state index is 14.2. The van der Waals surface area contributed by atoms with Gasteiger partial charge in [-0.1, -0.05) is 18.2 Å². The molecule has 6 aromatic rings. The Labute approximate surface area is 317 Å². The largest absolute Gasteiger partial charge is 0.490 e. The van der Waals surface area contributed by atoms with Crippen LogP contribution in [-0.4, -0.2) is 79.3 Å². The molecule has 0 saturated carbocycles. The molecule has 14 nitrogen and oxygen atoms in total. The molecule has 1 fully saturated rings. The zero-order valence-electron chi connectivity index (χ0n) is 29.5. The summed E-state index contributed by atoms with van der Waals surface area (Å²) in [5.74, 6) is -1.03. The van der Waals surface area contributed by atoms with Crippen LogP contribution in [0.2, 0.25) is 0 Å². The summed E-state index contributed by atoms with van der Waals surface area (Å²) in [6, 6.07) is 20.3. The van der Waals surface area contributed by atoms with E-state index in [0.29, 0.717) is 60.9 Å². The molecule has 3 aromatic carbocycles. The molecule has 2 aliphatic heterocycles. The number of aliphatic hydroxyl groups is 1. The van der Waals surface area contributed by atoms with Crippen LogP contribution in [0.25, 0.3) is 16.0 Å². The first kappa shape index (κ1) is 36.1. The predicted molar refractivity (Wildman–Crippen MR) is 202 cm³/mol. The standard InChI is InChI=1S/C38H37F2N9O5S/c39-25-14-24(15-26(40)16-25)38(52,21-47-23-42-22-44-47)20-46-10-8-29(9-11-46)54-37(51)43-19-30-18-32-35(55-30)45-34(41)36(50)49(32)28-6-7-33-31(17-28)48(12-13-53-33)27-4-2-1-3-5-27/h1-7,14-18,22-23,29,52H,8-13,19-21H2,(H2,41,45)(H,43,51). The number of halogens is 2. The molecule has 2 aliphatic rings. The maximum absolute atomic E-state index is 14.2. The molecule has 5 heterocycles. The number of β-amino-alcohol motifs (C(OH)–C–C–N with tert-alkyl or cyclic N) is 1. The van der Waals surface area contributed by atoms with E-state index in [-0.39, 0.29) is 37.1 Å². The second-order valence-electron chi connectivity index (χ2n) is 13.5. The first-order valence-corrected chi connectivity index (χ1v) is 18.5. The number of fused-ring (bicyclic) bond motifs is 2. The van der Waals surface area contributed by atoms with Crippen molar-refractivity contribution in [2.75, 3.05) is 43.4 Å². The van der Waals surface area contributed by atoms with Crippen LogP contribution in [0, 0.1) is 11.6 Å². The average molecular weight is 770 g/mol. The Kier molecular flexibility index (Phi) is 9.89. The number of nitrogens with zero attached hydrogens (tertiary/aromatic N) is 7. The van der Waals surface area contributed by atoms with Gasteiger partial charge in [-0.05, 0) is 66.9 Å². The fourth-order valence-electron chi connectivity index (χ4n) is 7.15. The molecule has 1 atom stereocenters. The molecule has 0 radical (unpaired) electrons. The van der Waals surface area contributed by atoms with Crippen molar-refractivity contribution in [1.82, 2.24) is 34.5 Å². The normalized spacial score (nSPS) is 16.0. The molecule has 8 rings (SSSR count). The van der Waals surface area contributed by atoms with E-state index in [1.165, 1.54) is 33.2 Å². The quantitative estimate of drug-likeness (QED) is 0.177. The highest BCUT2D eigenvalue weighted by molar-refractivity contribution is 7.18. The van der Waals surface area contributed by atoms with Crippen LogP contribution < -0.4 is 26.2 Å². The van der Waals surface area contributed by atoms with E-state index in [1.54, 1.807) is 0 Å². The SMILES string of the molecule is Nc1nc2sc(CNC(=O)OC3CCN(CC(O)(Cn4cncn4)c4cc(F)cc(F)c4)CC3)cc2n(-c2ccc3c(c2)N(c2ccccc2)CCO3)c1=O. The van der Waals surface area contributed by atoms with Gasteiger partial charge in [0.1, 0.15) is 53.2 Å². The lowest BCUT2D eigenvalue weighted by Crippen LogP contribution is -2.48. The second-order valence-corrected chi connectivity index (χ2v) is 14.7.